The van der Waals surface area contributed by atoms with Crippen molar-refractivity contribution < 1.29 is 13.2 Å². The van der Waals surface area contributed by atoms with E-state index in [1.807, 2.05) is 12.1 Å². The molecule has 1 aromatic carbocycles. The zero-order valence-corrected chi connectivity index (χ0v) is 14.4. The maximum Gasteiger partial charge on any atom is 0.221 e. The first-order valence-electron chi connectivity index (χ1n) is 7.71. The number of nitrogens with one attached hydrogen (secondary N) is 1. The number of fused-ring (bicyclic) bond motifs is 1. The maximum absolute atomic E-state index is 12.1. The van der Waals surface area contributed by atoms with Crippen LogP contribution < -0.4 is 5.32 Å². The third kappa shape index (κ3) is 4.83. The van der Waals surface area contributed by atoms with Gasteiger partial charge in [-0.3, -0.25) is 4.79 Å². The zero-order valence-electron chi connectivity index (χ0n) is 13.6. The van der Waals surface area contributed by atoms with Crippen molar-refractivity contribution in [2.24, 2.45) is 5.41 Å². The first-order valence-corrected chi connectivity index (χ1v) is 9.77. The number of rotatable bonds is 4. The van der Waals surface area contributed by atoms with Crippen molar-refractivity contribution in [1.82, 2.24) is 5.32 Å². The van der Waals surface area contributed by atoms with E-state index in [-0.39, 0.29) is 29.5 Å². The molecule has 0 radical (unpaired) electrons. The zero-order chi connectivity index (χ0) is 16.4. The van der Waals surface area contributed by atoms with Crippen molar-refractivity contribution >= 4 is 15.7 Å². The first kappa shape index (κ1) is 17.0. The minimum atomic E-state index is -3.11. The number of amides is 1. The predicted octanol–water partition coefficient (Wildman–Crippen LogP) is 2.64. The van der Waals surface area contributed by atoms with Gasteiger partial charge in [-0.05, 0) is 35.8 Å². The van der Waals surface area contributed by atoms with Crippen molar-refractivity contribution in [2.75, 3.05) is 12.0 Å². The smallest absolute Gasteiger partial charge is 0.221 e. The van der Waals surface area contributed by atoms with Crippen LogP contribution in [-0.2, 0) is 21.1 Å². The minimum Gasteiger partial charge on any atom is -0.349 e. The van der Waals surface area contributed by atoms with E-state index in [0.29, 0.717) is 0 Å². The van der Waals surface area contributed by atoms with Crippen LogP contribution in [-0.4, -0.2) is 26.3 Å². The molecule has 0 aromatic heterocycles. The lowest BCUT2D eigenvalue weighted by Gasteiger charge is -2.27. The minimum absolute atomic E-state index is 0.0257. The molecule has 1 aromatic rings. The molecule has 5 heteroatoms. The molecule has 22 heavy (non-hydrogen) atoms. The summed E-state index contributed by atoms with van der Waals surface area (Å²) in [5, 5.41) is 3.04. The molecule has 1 atom stereocenters. The highest BCUT2D eigenvalue weighted by Gasteiger charge is 2.30. The van der Waals surface area contributed by atoms with Crippen LogP contribution in [0.15, 0.2) is 24.3 Å². The average molecular weight is 323 g/mol. The van der Waals surface area contributed by atoms with E-state index >= 15 is 0 Å². The Balaban J connectivity index is 2.15. The van der Waals surface area contributed by atoms with Gasteiger partial charge in [0.15, 0.2) is 0 Å². The summed E-state index contributed by atoms with van der Waals surface area (Å²) in [4.78, 5) is 12.1. The first-order chi connectivity index (χ1) is 10.2. The fourth-order valence-corrected chi connectivity index (χ4v) is 3.57. The second-order valence-corrected chi connectivity index (χ2v) is 9.33. The Bertz CT molecular complexity index is 650. The molecule has 1 aliphatic carbocycles. The van der Waals surface area contributed by atoms with Gasteiger partial charge in [-0.2, -0.15) is 0 Å². The highest BCUT2D eigenvalue weighted by Crippen LogP contribution is 2.39. The standard InChI is InChI=1S/C17H25NO3S/c1-17(2)10-8-13-6-4-5-7-14(13)15(12-17)18-16(19)9-11-22(3,20)21/h4-7,15H,8-12H2,1-3H3,(H,18,19). The Hall–Kier alpha value is -1.36. The molecule has 0 fully saturated rings. The number of hydrogen-bond acceptors (Lipinski definition) is 3. The molecule has 1 unspecified atom stereocenters. The van der Waals surface area contributed by atoms with Crippen molar-refractivity contribution in [2.45, 2.75) is 45.6 Å². The van der Waals surface area contributed by atoms with E-state index in [1.54, 1.807) is 0 Å². The lowest BCUT2D eigenvalue weighted by Crippen LogP contribution is -2.32. The molecule has 0 heterocycles. The van der Waals surface area contributed by atoms with Crippen LogP contribution in [0.3, 0.4) is 0 Å². The molecule has 1 aliphatic rings. The van der Waals surface area contributed by atoms with Gasteiger partial charge in [-0.15, -0.1) is 0 Å². The molecule has 0 aliphatic heterocycles. The van der Waals surface area contributed by atoms with Crippen LogP contribution in [0.25, 0.3) is 0 Å². The highest BCUT2D eigenvalue weighted by molar-refractivity contribution is 7.90. The Kier molecular flexibility index (Phi) is 4.95. The molecular weight excluding hydrogens is 298 g/mol. The largest absolute Gasteiger partial charge is 0.349 e. The Morgan fingerprint density at radius 2 is 2.00 bits per heavy atom. The van der Waals surface area contributed by atoms with E-state index in [4.69, 9.17) is 0 Å². The quantitative estimate of drug-likeness (QED) is 0.866. The van der Waals surface area contributed by atoms with Crippen LogP contribution in [0.4, 0.5) is 0 Å². The average Bonchev–Trinajstić information content (AvgIpc) is 2.53. The number of benzene rings is 1. The number of aryl methyl sites for hydroxylation is 1. The van der Waals surface area contributed by atoms with Crippen LogP contribution >= 0.6 is 0 Å². The van der Waals surface area contributed by atoms with E-state index in [0.717, 1.165) is 25.5 Å². The molecule has 0 saturated heterocycles. The number of carbonyl (C=O) groups is 1. The van der Waals surface area contributed by atoms with Gasteiger partial charge in [0.05, 0.1) is 11.8 Å². The Morgan fingerprint density at radius 1 is 1.32 bits per heavy atom. The lowest BCUT2D eigenvalue weighted by molar-refractivity contribution is -0.121. The molecule has 0 spiro atoms. The molecule has 0 bridgehead atoms. The van der Waals surface area contributed by atoms with Crippen LogP contribution in [0, 0.1) is 5.41 Å². The summed E-state index contributed by atoms with van der Waals surface area (Å²) in [6.07, 6.45) is 4.15. The maximum atomic E-state index is 12.1. The van der Waals surface area contributed by atoms with Crippen molar-refractivity contribution in [1.29, 1.82) is 0 Å². The molecular formula is C17H25NO3S. The Labute approximate surface area is 133 Å². The van der Waals surface area contributed by atoms with Gasteiger partial charge in [0, 0.05) is 12.7 Å². The summed E-state index contributed by atoms with van der Waals surface area (Å²) in [7, 11) is -3.11. The third-order valence-corrected chi connectivity index (χ3v) is 5.24. The van der Waals surface area contributed by atoms with Gasteiger partial charge in [0.2, 0.25) is 5.91 Å². The second-order valence-electron chi connectivity index (χ2n) is 7.07. The van der Waals surface area contributed by atoms with Gasteiger partial charge < -0.3 is 5.32 Å². The number of hydrogen-bond donors (Lipinski definition) is 1. The van der Waals surface area contributed by atoms with Gasteiger partial charge in [-0.1, -0.05) is 38.1 Å². The lowest BCUT2D eigenvalue weighted by atomic mass is 9.83. The van der Waals surface area contributed by atoms with E-state index in [2.05, 4.69) is 31.3 Å². The number of sulfone groups is 1. The van der Waals surface area contributed by atoms with Gasteiger partial charge in [-0.25, -0.2) is 8.42 Å². The molecule has 0 saturated carbocycles. The van der Waals surface area contributed by atoms with Gasteiger partial charge >= 0.3 is 0 Å². The summed E-state index contributed by atoms with van der Waals surface area (Å²) >= 11 is 0. The highest BCUT2D eigenvalue weighted by atomic mass is 32.2. The molecule has 1 amide bonds. The summed E-state index contributed by atoms with van der Waals surface area (Å²) in [5.74, 6) is -0.292. The molecule has 4 nitrogen and oxygen atoms in total. The fraction of sp³-hybridized carbons (Fsp3) is 0.588. The van der Waals surface area contributed by atoms with E-state index < -0.39 is 9.84 Å². The monoisotopic (exact) mass is 323 g/mol. The molecule has 122 valence electrons. The Morgan fingerprint density at radius 3 is 2.68 bits per heavy atom. The molecule has 1 N–H and O–H groups in total. The fourth-order valence-electron chi connectivity index (χ4n) is 3.01. The van der Waals surface area contributed by atoms with Crippen molar-refractivity contribution in [3.63, 3.8) is 0 Å². The summed E-state index contributed by atoms with van der Waals surface area (Å²) in [5.41, 5.74) is 2.59. The van der Waals surface area contributed by atoms with Crippen LogP contribution in [0.5, 0.6) is 0 Å². The SMILES string of the molecule is CC1(C)CCc2ccccc2C(NC(=O)CCS(C)(=O)=O)C1. The normalized spacial score (nSPS) is 20.8. The van der Waals surface area contributed by atoms with Crippen molar-refractivity contribution in [3.05, 3.63) is 35.4 Å². The van der Waals surface area contributed by atoms with Crippen molar-refractivity contribution in [3.8, 4) is 0 Å². The van der Waals surface area contributed by atoms with Crippen LogP contribution in [0.2, 0.25) is 0 Å². The van der Waals surface area contributed by atoms with Gasteiger partial charge in [0.1, 0.15) is 9.84 Å². The topological polar surface area (TPSA) is 63.2 Å². The summed E-state index contributed by atoms with van der Waals surface area (Å²) in [6.45, 7) is 4.43. The third-order valence-electron chi connectivity index (χ3n) is 4.29. The molecule has 2 rings (SSSR count). The summed E-state index contributed by atoms with van der Waals surface area (Å²) in [6, 6.07) is 8.16. The predicted molar refractivity (Wildman–Crippen MR) is 88.4 cm³/mol. The van der Waals surface area contributed by atoms with Crippen LogP contribution in [0.1, 0.15) is 50.3 Å². The number of carbonyl (C=O) groups excluding carboxylic acids is 1. The summed E-state index contributed by atoms with van der Waals surface area (Å²) < 4.78 is 22.4. The second kappa shape index (κ2) is 6.41. The van der Waals surface area contributed by atoms with Gasteiger partial charge in [0.25, 0.3) is 0 Å². The van der Waals surface area contributed by atoms with E-state index in [1.165, 1.54) is 11.1 Å². The van der Waals surface area contributed by atoms with E-state index in [9.17, 15) is 13.2 Å².